The fourth-order valence-electron chi connectivity index (χ4n) is 9.95. The smallest absolute Gasteiger partial charge is 0.266 e. The van der Waals surface area contributed by atoms with Crippen molar-refractivity contribution in [3.63, 3.8) is 0 Å². The Morgan fingerprint density at radius 2 is 1.70 bits per heavy atom. The van der Waals surface area contributed by atoms with E-state index >= 15 is 8.78 Å². The van der Waals surface area contributed by atoms with Crippen molar-refractivity contribution in [1.82, 2.24) is 34.5 Å². The molecule has 0 spiro atoms. The molecule has 7 aromatic rings. The summed E-state index contributed by atoms with van der Waals surface area (Å²) in [4.78, 5) is 61.2. The van der Waals surface area contributed by atoms with Crippen molar-refractivity contribution < 1.29 is 23.2 Å². The van der Waals surface area contributed by atoms with Gasteiger partial charge in [-0.05, 0) is 116 Å². The number of fused-ring (bicyclic) bond motifs is 2. The number of nitrogens with zero attached hydrogens (tertiary/aromatic N) is 7. The summed E-state index contributed by atoms with van der Waals surface area (Å²) in [5.41, 5.74) is 8.33. The molecule has 0 radical (unpaired) electrons. The standard InChI is InChI=1S/C51H50F2N10O4/c1-30-24-34(50(66)60(3)36-7-4-31(5-8-36)32-15-21-62(22-16-32)45-10-6-35(26-40(45)52)56-43-9-11-46(64)57-49(43)65)25-41(53)47(30)33-13-19-61(20-14-33)29-37-27-38-44(12-18-54-48(38)59(37)2)63-23-17-42-39(51(63)67)28-55-58-42/h4-8,10,12-13,17-18,23-28,32,43,56H,9,11,14-16,19-22,29H2,1-3H3,(H,55,58)(H,57,64,65). The van der Waals surface area contributed by atoms with Crippen molar-refractivity contribution in [3.05, 3.63) is 147 Å². The molecule has 3 aliphatic heterocycles. The van der Waals surface area contributed by atoms with Crippen LogP contribution in [0.25, 0.3) is 33.2 Å². The topological polar surface area (TPSA) is 153 Å². The molecule has 0 bridgehead atoms. The Labute approximate surface area is 384 Å². The van der Waals surface area contributed by atoms with Crippen LogP contribution in [0.1, 0.15) is 70.8 Å². The minimum atomic E-state index is -0.585. The molecule has 342 valence electrons. The fraction of sp³-hybridized carbons (Fsp3) is 0.294. The van der Waals surface area contributed by atoms with Gasteiger partial charge in [-0.1, -0.05) is 18.2 Å². The number of anilines is 3. The zero-order valence-corrected chi connectivity index (χ0v) is 37.5. The maximum atomic E-state index is 16.0. The number of imide groups is 1. The number of aromatic nitrogens is 5. The van der Waals surface area contributed by atoms with E-state index in [1.807, 2.05) is 55.3 Å². The minimum absolute atomic E-state index is 0.160. The number of halogens is 2. The molecule has 1 atom stereocenters. The van der Waals surface area contributed by atoms with Crippen LogP contribution in [0.2, 0.25) is 0 Å². The summed E-state index contributed by atoms with van der Waals surface area (Å²) in [5, 5.41) is 13.6. The van der Waals surface area contributed by atoms with Crippen molar-refractivity contribution in [2.75, 3.05) is 48.3 Å². The Hall–Kier alpha value is -7.46. The average molecular weight is 905 g/mol. The molecule has 7 heterocycles. The lowest BCUT2D eigenvalue weighted by molar-refractivity contribution is -0.133. The molecule has 3 aromatic carbocycles. The monoisotopic (exact) mass is 904 g/mol. The van der Waals surface area contributed by atoms with Crippen molar-refractivity contribution in [3.8, 4) is 5.69 Å². The van der Waals surface area contributed by atoms with Crippen LogP contribution in [-0.4, -0.2) is 86.2 Å². The first-order valence-corrected chi connectivity index (χ1v) is 22.6. The van der Waals surface area contributed by atoms with Gasteiger partial charge in [0.25, 0.3) is 11.5 Å². The van der Waals surface area contributed by atoms with Crippen LogP contribution in [-0.2, 0) is 23.2 Å². The number of piperidine rings is 2. The number of aryl methyl sites for hydroxylation is 2. The number of aromatic amines is 1. The van der Waals surface area contributed by atoms with Crippen LogP contribution in [0.5, 0.6) is 0 Å². The SMILES string of the molecule is Cc1cc(C(=O)N(C)c2ccc(C3CCN(c4ccc(NC5CCC(=O)NC5=O)cc4F)CC3)cc2)cc(F)c1C1=CCN(Cc2cc3c(-n4ccc5[nH]ncc5c4=O)ccnc3n2C)CC1. The van der Waals surface area contributed by atoms with E-state index in [0.717, 1.165) is 46.4 Å². The highest BCUT2D eigenvalue weighted by molar-refractivity contribution is 6.06. The lowest BCUT2D eigenvalue weighted by Crippen LogP contribution is -2.47. The van der Waals surface area contributed by atoms with E-state index < -0.39 is 17.8 Å². The van der Waals surface area contributed by atoms with Gasteiger partial charge in [0.15, 0.2) is 0 Å². The highest BCUT2D eigenvalue weighted by atomic mass is 19.1. The van der Waals surface area contributed by atoms with Gasteiger partial charge < -0.3 is 19.7 Å². The average Bonchev–Trinajstić information content (AvgIpc) is 3.95. The summed E-state index contributed by atoms with van der Waals surface area (Å²) in [6, 6.07) is 21.1. The maximum absolute atomic E-state index is 16.0. The molecule has 0 aliphatic carbocycles. The van der Waals surface area contributed by atoms with Crippen LogP contribution < -0.4 is 26.0 Å². The number of nitrogens with one attached hydrogen (secondary N) is 3. The Morgan fingerprint density at radius 3 is 2.43 bits per heavy atom. The molecular formula is C51H50F2N10O4. The third kappa shape index (κ3) is 8.37. The predicted octanol–water partition coefficient (Wildman–Crippen LogP) is 7.35. The van der Waals surface area contributed by atoms with Crippen molar-refractivity contribution in [1.29, 1.82) is 0 Å². The number of hydrogen-bond donors (Lipinski definition) is 3. The first-order chi connectivity index (χ1) is 32.4. The summed E-state index contributed by atoms with van der Waals surface area (Å²) in [7, 11) is 3.67. The van der Waals surface area contributed by atoms with Gasteiger partial charge in [-0.2, -0.15) is 5.10 Å². The van der Waals surface area contributed by atoms with E-state index in [1.54, 1.807) is 53.3 Å². The van der Waals surface area contributed by atoms with Gasteiger partial charge in [0.2, 0.25) is 11.8 Å². The second-order valence-corrected chi connectivity index (χ2v) is 17.8. The highest BCUT2D eigenvalue weighted by Gasteiger charge is 2.28. The summed E-state index contributed by atoms with van der Waals surface area (Å²) in [5.74, 6) is -1.54. The maximum Gasteiger partial charge on any atom is 0.266 e. The lowest BCUT2D eigenvalue weighted by Gasteiger charge is -2.34. The molecule has 2 saturated heterocycles. The largest absolute Gasteiger partial charge is 0.374 e. The number of H-pyrrole nitrogens is 1. The number of hydrogen-bond acceptors (Lipinski definition) is 9. The highest BCUT2D eigenvalue weighted by Crippen LogP contribution is 2.35. The summed E-state index contributed by atoms with van der Waals surface area (Å²) < 4.78 is 35.0. The number of carbonyl (C=O) groups excluding carboxylic acids is 3. The van der Waals surface area contributed by atoms with Gasteiger partial charge in [0, 0.05) is 99.2 Å². The minimum Gasteiger partial charge on any atom is -0.374 e. The van der Waals surface area contributed by atoms with Gasteiger partial charge in [-0.25, -0.2) is 13.8 Å². The Kier molecular flexibility index (Phi) is 11.5. The first-order valence-electron chi connectivity index (χ1n) is 22.6. The fourth-order valence-corrected chi connectivity index (χ4v) is 9.95. The van der Waals surface area contributed by atoms with Crippen molar-refractivity contribution in [2.45, 2.75) is 57.5 Å². The molecule has 4 aromatic heterocycles. The predicted molar refractivity (Wildman–Crippen MR) is 255 cm³/mol. The van der Waals surface area contributed by atoms with Gasteiger partial charge in [0.05, 0.1) is 28.5 Å². The van der Waals surface area contributed by atoms with E-state index in [0.29, 0.717) is 84.7 Å². The summed E-state index contributed by atoms with van der Waals surface area (Å²) in [6.07, 6.45) is 9.95. The number of amides is 3. The Bertz CT molecular complexity index is 3160. The van der Waals surface area contributed by atoms with Crippen LogP contribution in [0, 0.1) is 18.6 Å². The molecule has 14 nitrogen and oxygen atoms in total. The number of pyridine rings is 2. The first kappa shape index (κ1) is 43.4. The van der Waals surface area contributed by atoms with Crippen LogP contribution in [0.3, 0.4) is 0 Å². The molecule has 2 fully saturated rings. The molecule has 16 heteroatoms. The number of rotatable bonds is 10. The van der Waals surface area contributed by atoms with E-state index in [-0.39, 0.29) is 41.1 Å². The zero-order valence-electron chi connectivity index (χ0n) is 37.5. The van der Waals surface area contributed by atoms with Gasteiger partial charge in [-0.15, -0.1) is 0 Å². The Balaban J connectivity index is 0.751. The Morgan fingerprint density at radius 1 is 0.896 bits per heavy atom. The summed E-state index contributed by atoms with van der Waals surface area (Å²) >= 11 is 0. The van der Waals surface area contributed by atoms with E-state index in [1.165, 1.54) is 12.1 Å². The molecular weight excluding hydrogens is 855 g/mol. The van der Waals surface area contributed by atoms with Gasteiger partial charge >= 0.3 is 0 Å². The molecule has 0 saturated carbocycles. The lowest BCUT2D eigenvalue weighted by atomic mass is 9.89. The molecule has 67 heavy (non-hydrogen) atoms. The van der Waals surface area contributed by atoms with Crippen LogP contribution in [0.15, 0.2) is 102 Å². The number of carbonyl (C=O) groups is 3. The van der Waals surface area contributed by atoms with E-state index in [9.17, 15) is 19.2 Å². The van der Waals surface area contributed by atoms with Crippen LogP contribution in [0.4, 0.5) is 25.8 Å². The van der Waals surface area contributed by atoms with Gasteiger partial charge in [0.1, 0.15) is 23.3 Å². The molecule has 10 rings (SSSR count). The second-order valence-electron chi connectivity index (χ2n) is 17.8. The zero-order chi connectivity index (χ0) is 46.5. The molecule has 3 aliphatic rings. The normalized spacial score (nSPS) is 17.2. The second kappa shape index (κ2) is 17.7. The summed E-state index contributed by atoms with van der Waals surface area (Å²) in [6.45, 7) is 5.15. The number of benzene rings is 3. The molecule has 3 N–H and O–H groups in total. The molecule has 3 amide bonds. The van der Waals surface area contributed by atoms with E-state index in [4.69, 9.17) is 0 Å². The molecule has 1 unspecified atom stereocenters. The van der Waals surface area contributed by atoms with Crippen LogP contribution >= 0.6 is 0 Å². The third-order valence-corrected chi connectivity index (χ3v) is 13.7. The van der Waals surface area contributed by atoms with Gasteiger partial charge in [-0.3, -0.25) is 39.1 Å². The van der Waals surface area contributed by atoms with Crippen molar-refractivity contribution >= 4 is 62.3 Å². The quantitative estimate of drug-likeness (QED) is 0.120. The third-order valence-electron chi connectivity index (χ3n) is 13.7. The van der Waals surface area contributed by atoms with E-state index in [2.05, 4.69) is 47.4 Å². The van der Waals surface area contributed by atoms with Crippen molar-refractivity contribution in [2.24, 2.45) is 7.05 Å².